The number of ether oxygens (including phenoxy) is 1. The maximum atomic E-state index is 5.77. The van der Waals surface area contributed by atoms with Gasteiger partial charge in [0.25, 0.3) is 0 Å². The lowest BCUT2D eigenvalue weighted by Gasteiger charge is -2.14. The van der Waals surface area contributed by atoms with Gasteiger partial charge >= 0.3 is 0 Å². The van der Waals surface area contributed by atoms with Gasteiger partial charge in [0.15, 0.2) is 0 Å². The normalized spacial score (nSPS) is 12.6. The number of pyridine rings is 1. The number of fused-ring (bicyclic) bond motifs is 1. The second-order valence-corrected chi connectivity index (χ2v) is 4.52. The average molecular weight is 244 g/mol. The predicted octanol–water partition coefficient (Wildman–Crippen LogP) is 3.00. The van der Waals surface area contributed by atoms with Crippen molar-refractivity contribution in [1.82, 2.24) is 10.3 Å². The minimum absolute atomic E-state index is 0.365. The molecule has 1 atom stereocenters. The number of nitrogens with zero attached hydrogens (tertiary/aromatic N) is 1. The van der Waals surface area contributed by atoms with Crippen molar-refractivity contribution in [3.63, 3.8) is 0 Å². The Kier molecular flexibility index (Phi) is 4.53. The van der Waals surface area contributed by atoms with E-state index in [4.69, 9.17) is 4.74 Å². The highest BCUT2D eigenvalue weighted by Crippen LogP contribution is 2.18. The summed E-state index contributed by atoms with van der Waals surface area (Å²) in [6.07, 6.45) is 2.95. The Morgan fingerprint density at radius 3 is 3.06 bits per heavy atom. The van der Waals surface area contributed by atoms with Crippen LogP contribution in [0.3, 0.4) is 0 Å². The van der Waals surface area contributed by atoms with Gasteiger partial charge in [0.1, 0.15) is 12.4 Å². The van der Waals surface area contributed by atoms with Crippen LogP contribution in [-0.4, -0.2) is 24.2 Å². The lowest BCUT2D eigenvalue weighted by Crippen LogP contribution is -2.32. The lowest BCUT2D eigenvalue weighted by atomic mass is 10.2. The smallest absolute Gasteiger partial charge is 0.121 e. The molecule has 0 spiro atoms. The van der Waals surface area contributed by atoms with E-state index in [1.54, 1.807) is 6.20 Å². The molecule has 0 aliphatic rings. The van der Waals surface area contributed by atoms with Gasteiger partial charge < -0.3 is 10.1 Å². The van der Waals surface area contributed by atoms with Crippen LogP contribution in [0.25, 0.3) is 10.9 Å². The molecule has 1 N–H and O–H groups in total. The lowest BCUT2D eigenvalue weighted by molar-refractivity contribution is 0.274. The zero-order valence-corrected chi connectivity index (χ0v) is 11.0. The van der Waals surface area contributed by atoms with E-state index in [9.17, 15) is 0 Å². The Hall–Kier alpha value is -1.61. The Balaban J connectivity index is 1.95. The van der Waals surface area contributed by atoms with Crippen LogP contribution in [-0.2, 0) is 0 Å². The molecule has 18 heavy (non-hydrogen) atoms. The highest BCUT2D eigenvalue weighted by atomic mass is 16.5. The van der Waals surface area contributed by atoms with E-state index in [1.807, 2.05) is 24.3 Å². The number of rotatable bonds is 6. The van der Waals surface area contributed by atoms with Crippen LogP contribution in [0.4, 0.5) is 0 Å². The van der Waals surface area contributed by atoms with Gasteiger partial charge in [0.05, 0.1) is 5.52 Å². The van der Waals surface area contributed by atoms with E-state index >= 15 is 0 Å². The summed E-state index contributed by atoms with van der Waals surface area (Å²) in [5.41, 5.74) is 0.976. The summed E-state index contributed by atoms with van der Waals surface area (Å²) >= 11 is 0. The summed E-state index contributed by atoms with van der Waals surface area (Å²) < 4.78 is 5.77. The van der Waals surface area contributed by atoms with Gasteiger partial charge in [0.2, 0.25) is 0 Å². The van der Waals surface area contributed by atoms with Gasteiger partial charge in [-0.2, -0.15) is 0 Å². The molecular formula is C15H20N2O. The topological polar surface area (TPSA) is 34.1 Å². The number of hydrogen-bond donors (Lipinski definition) is 1. The molecule has 0 fully saturated rings. The maximum Gasteiger partial charge on any atom is 0.121 e. The van der Waals surface area contributed by atoms with Crippen molar-refractivity contribution in [3.05, 3.63) is 36.5 Å². The van der Waals surface area contributed by atoms with E-state index in [0.717, 1.165) is 29.6 Å². The molecule has 1 aromatic heterocycles. The second kappa shape index (κ2) is 6.36. The first-order valence-corrected chi connectivity index (χ1v) is 6.50. The molecule has 0 aliphatic carbocycles. The Labute approximate surface area is 108 Å². The Bertz CT molecular complexity index is 499. The van der Waals surface area contributed by atoms with Crippen molar-refractivity contribution in [1.29, 1.82) is 0 Å². The summed E-state index contributed by atoms with van der Waals surface area (Å²) in [6.45, 7) is 6.01. The van der Waals surface area contributed by atoms with Gasteiger partial charge in [-0.15, -0.1) is 0 Å². The summed E-state index contributed by atoms with van der Waals surface area (Å²) in [5.74, 6) is 0.881. The third-order valence-electron chi connectivity index (χ3n) is 2.82. The molecule has 2 rings (SSSR count). The standard InChI is InChI=1S/C15H20N2O/c1-3-8-16-12(2)11-18-14-7-6-13-5-4-9-17-15(13)10-14/h4-7,9-10,12,16H,3,8,11H2,1-2H3. The third kappa shape index (κ3) is 3.44. The molecule has 2 aromatic rings. The Morgan fingerprint density at radius 1 is 1.33 bits per heavy atom. The van der Waals surface area contributed by atoms with Crippen molar-refractivity contribution < 1.29 is 4.74 Å². The van der Waals surface area contributed by atoms with Crippen LogP contribution in [0.5, 0.6) is 5.75 Å². The van der Waals surface area contributed by atoms with Gasteiger partial charge in [-0.25, -0.2) is 0 Å². The first kappa shape index (κ1) is 12.8. The van der Waals surface area contributed by atoms with E-state index < -0.39 is 0 Å². The van der Waals surface area contributed by atoms with Gasteiger partial charge in [-0.1, -0.05) is 13.0 Å². The summed E-state index contributed by atoms with van der Waals surface area (Å²) in [6, 6.07) is 10.4. The fourth-order valence-electron chi connectivity index (χ4n) is 1.81. The monoisotopic (exact) mass is 244 g/mol. The number of aromatic nitrogens is 1. The minimum atomic E-state index is 0.365. The number of nitrogens with one attached hydrogen (secondary N) is 1. The molecule has 0 bridgehead atoms. The van der Waals surface area contributed by atoms with E-state index in [2.05, 4.69) is 30.2 Å². The molecule has 1 aromatic carbocycles. The predicted molar refractivity (Wildman–Crippen MR) is 75.0 cm³/mol. The van der Waals surface area contributed by atoms with Gasteiger partial charge in [-0.05, 0) is 38.1 Å². The van der Waals surface area contributed by atoms with Crippen LogP contribution in [0.2, 0.25) is 0 Å². The van der Waals surface area contributed by atoms with Gasteiger partial charge in [0, 0.05) is 23.7 Å². The van der Waals surface area contributed by atoms with Crippen LogP contribution in [0, 0.1) is 0 Å². The van der Waals surface area contributed by atoms with Crippen LogP contribution in [0.15, 0.2) is 36.5 Å². The summed E-state index contributed by atoms with van der Waals surface area (Å²) in [5, 5.41) is 4.54. The highest BCUT2D eigenvalue weighted by Gasteiger charge is 2.02. The molecule has 1 unspecified atom stereocenters. The molecule has 96 valence electrons. The zero-order valence-electron chi connectivity index (χ0n) is 11.0. The average Bonchev–Trinajstić information content (AvgIpc) is 2.42. The van der Waals surface area contributed by atoms with E-state index in [0.29, 0.717) is 12.6 Å². The molecule has 0 amide bonds. The van der Waals surface area contributed by atoms with Crippen LogP contribution < -0.4 is 10.1 Å². The summed E-state index contributed by atoms with van der Waals surface area (Å²) in [4.78, 5) is 4.32. The first-order chi connectivity index (χ1) is 8.79. The van der Waals surface area contributed by atoms with Gasteiger partial charge in [-0.3, -0.25) is 4.98 Å². The first-order valence-electron chi connectivity index (χ1n) is 6.50. The number of benzene rings is 1. The SMILES string of the molecule is CCCNC(C)COc1ccc2cccnc2c1. The second-order valence-electron chi connectivity index (χ2n) is 4.52. The zero-order chi connectivity index (χ0) is 12.8. The van der Waals surface area contributed by atoms with Crippen molar-refractivity contribution in [2.45, 2.75) is 26.3 Å². The fourth-order valence-corrected chi connectivity index (χ4v) is 1.81. The van der Waals surface area contributed by atoms with Crippen molar-refractivity contribution in [2.75, 3.05) is 13.2 Å². The maximum absolute atomic E-state index is 5.77. The molecule has 0 aliphatic heterocycles. The number of hydrogen-bond acceptors (Lipinski definition) is 3. The largest absolute Gasteiger partial charge is 0.492 e. The van der Waals surface area contributed by atoms with Crippen molar-refractivity contribution in [3.8, 4) is 5.75 Å². The van der Waals surface area contributed by atoms with Crippen molar-refractivity contribution in [2.24, 2.45) is 0 Å². The van der Waals surface area contributed by atoms with E-state index in [1.165, 1.54) is 0 Å². The quantitative estimate of drug-likeness (QED) is 0.848. The molecular weight excluding hydrogens is 224 g/mol. The van der Waals surface area contributed by atoms with E-state index in [-0.39, 0.29) is 0 Å². The Morgan fingerprint density at radius 2 is 2.22 bits per heavy atom. The molecule has 0 saturated carbocycles. The molecule has 3 heteroatoms. The third-order valence-corrected chi connectivity index (χ3v) is 2.82. The summed E-state index contributed by atoms with van der Waals surface area (Å²) in [7, 11) is 0. The van der Waals surface area contributed by atoms with Crippen LogP contribution in [0.1, 0.15) is 20.3 Å². The fraction of sp³-hybridized carbons (Fsp3) is 0.400. The van der Waals surface area contributed by atoms with Crippen molar-refractivity contribution >= 4 is 10.9 Å². The molecule has 0 radical (unpaired) electrons. The molecule has 1 heterocycles. The van der Waals surface area contributed by atoms with Crippen LogP contribution >= 0.6 is 0 Å². The minimum Gasteiger partial charge on any atom is -0.492 e. The molecule has 3 nitrogen and oxygen atoms in total. The highest BCUT2D eigenvalue weighted by molar-refractivity contribution is 5.79. The molecule has 0 saturated heterocycles.